The van der Waals surface area contributed by atoms with E-state index < -0.39 is 0 Å². The van der Waals surface area contributed by atoms with Crippen molar-refractivity contribution in [2.24, 2.45) is 5.92 Å². The fourth-order valence-electron chi connectivity index (χ4n) is 3.02. The molecule has 0 atom stereocenters. The van der Waals surface area contributed by atoms with Gasteiger partial charge in [-0.2, -0.15) is 0 Å². The van der Waals surface area contributed by atoms with E-state index in [0.717, 1.165) is 17.7 Å². The van der Waals surface area contributed by atoms with Crippen LogP contribution in [0.2, 0.25) is 0 Å². The Morgan fingerprint density at radius 1 is 1.27 bits per heavy atom. The number of amides is 1. The second kappa shape index (κ2) is 7.05. The first kappa shape index (κ1) is 15.2. The van der Waals surface area contributed by atoms with Crippen molar-refractivity contribution in [3.8, 4) is 11.3 Å². The Hall–Kier alpha value is -1.68. The van der Waals surface area contributed by atoms with Crippen LogP contribution >= 0.6 is 11.3 Å². The van der Waals surface area contributed by atoms with E-state index in [0.29, 0.717) is 17.5 Å². The highest BCUT2D eigenvalue weighted by molar-refractivity contribution is 7.14. The molecule has 1 aliphatic rings. The zero-order chi connectivity index (χ0) is 15.4. The lowest BCUT2D eigenvalue weighted by atomic mass is 10.0. The molecule has 1 aromatic heterocycles. The Kier molecular flexibility index (Phi) is 4.88. The van der Waals surface area contributed by atoms with E-state index in [2.05, 4.69) is 41.5 Å². The van der Waals surface area contributed by atoms with E-state index in [1.165, 1.54) is 42.6 Å². The van der Waals surface area contributed by atoms with Crippen LogP contribution in [0.1, 0.15) is 44.6 Å². The minimum atomic E-state index is 0.106. The molecule has 1 N–H and O–H groups in total. The molecular weight excluding hydrogens is 292 g/mol. The third-order valence-electron chi connectivity index (χ3n) is 4.36. The van der Waals surface area contributed by atoms with Gasteiger partial charge in [-0.15, -0.1) is 11.3 Å². The first-order chi connectivity index (χ1) is 10.7. The van der Waals surface area contributed by atoms with Gasteiger partial charge in [0.2, 0.25) is 5.91 Å². The van der Waals surface area contributed by atoms with Crippen LogP contribution in [0.4, 0.5) is 5.13 Å². The number of nitrogens with zero attached hydrogens (tertiary/aromatic N) is 1. The highest BCUT2D eigenvalue weighted by Crippen LogP contribution is 2.29. The lowest BCUT2D eigenvalue weighted by molar-refractivity contribution is -0.117. The summed E-state index contributed by atoms with van der Waals surface area (Å²) in [7, 11) is 0. The van der Waals surface area contributed by atoms with E-state index in [4.69, 9.17) is 0 Å². The summed E-state index contributed by atoms with van der Waals surface area (Å²) in [6.45, 7) is 2.15. The molecule has 0 bridgehead atoms. The standard InChI is InChI=1S/C18H22N2OS/c1-2-13-7-9-15(10-8-13)16-12-22-18(19-16)20-17(21)11-14-5-3-4-6-14/h7-10,12,14H,2-6,11H2,1H3,(H,19,20,21). The molecule has 1 amide bonds. The summed E-state index contributed by atoms with van der Waals surface area (Å²) in [4.78, 5) is 16.6. The maximum atomic E-state index is 12.1. The van der Waals surface area contributed by atoms with E-state index in [9.17, 15) is 4.79 Å². The van der Waals surface area contributed by atoms with Crippen LogP contribution < -0.4 is 5.32 Å². The second-order valence-electron chi connectivity index (χ2n) is 5.99. The summed E-state index contributed by atoms with van der Waals surface area (Å²) in [5.41, 5.74) is 3.36. The molecule has 3 nitrogen and oxygen atoms in total. The van der Waals surface area contributed by atoms with Crippen molar-refractivity contribution >= 4 is 22.4 Å². The number of anilines is 1. The Balaban J connectivity index is 1.61. The number of rotatable bonds is 5. The monoisotopic (exact) mass is 314 g/mol. The van der Waals surface area contributed by atoms with Gasteiger partial charge < -0.3 is 5.32 Å². The lowest BCUT2D eigenvalue weighted by Crippen LogP contribution is -2.14. The number of carbonyl (C=O) groups is 1. The highest BCUT2D eigenvalue weighted by atomic mass is 32.1. The quantitative estimate of drug-likeness (QED) is 0.853. The zero-order valence-corrected chi connectivity index (χ0v) is 13.8. The van der Waals surface area contributed by atoms with Crippen molar-refractivity contribution in [1.82, 2.24) is 4.98 Å². The number of benzene rings is 1. The summed E-state index contributed by atoms with van der Waals surface area (Å²) < 4.78 is 0. The molecule has 0 saturated heterocycles. The molecule has 2 aromatic rings. The third kappa shape index (κ3) is 3.74. The summed E-state index contributed by atoms with van der Waals surface area (Å²) in [5.74, 6) is 0.676. The van der Waals surface area contributed by atoms with Crippen molar-refractivity contribution in [3.63, 3.8) is 0 Å². The lowest BCUT2D eigenvalue weighted by Gasteiger charge is -2.07. The van der Waals surface area contributed by atoms with Crippen LogP contribution in [0.3, 0.4) is 0 Å². The van der Waals surface area contributed by atoms with Gasteiger partial charge in [0, 0.05) is 17.4 Å². The van der Waals surface area contributed by atoms with Crippen LogP contribution in [-0.4, -0.2) is 10.9 Å². The summed E-state index contributed by atoms with van der Waals surface area (Å²) in [6, 6.07) is 8.45. The number of hydrogen-bond acceptors (Lipinski definition) is 3. The normalized spacial score (nSPS) is 15.1. The van der Waals surface area contributed by atoms with Gasteiger partial charge in [0.1, 0.15) is 0 Å². The summed E-state index contributed by atoms with van der Waals surface area (Å²) >= 11 is 1.50. The number of carbonyl (C=O) groups excluding carboxylic acids is 1. The predicted molar refractivity (Wildman–Crippen MR) is 92.1 cm³/mol. The molecule has 1 fully saturated rings. The molecule has 0 radical (unpaired) electrons. The van der Waals surface area contributed by atoms with E-state index in [1.807, 2.05) is 5.38 Å². The molecule has 1 aromatic carbocycles. The first-order valence-electron chi connectivity index (χ1n) is 8.09. The minimum absolute atomic E-state index is 0.106. The molecule has 0 aliphatic heterocycles. The molecule has 116 valence electrons. The smallest absolute Gasteiger partial charge is 0.226 e. The molecule has 0 unspecified atom stereocenters. The van der Waals surface area contributed by atoms with Gasteiger partial charge in [-0.25, -0.2) is 4.98 Å². The fraction of sp³-hybridized carbons (Fsp3) is 0.444. The van der Waals surface area contributed by atoms with Gasteiger partial charge in [0.25, 0.3) is 0 Å². The van der Waals surface area contributed by atoms with Crippen LogP contribution in [0, 0.1) is 5.92 Å². The van der Waals surface area contributed by atoms with Gasteiger partial charge in [-0.3, -0.25) is 4.79 Å². The molecule has 0 spiro atoms. The van der Waals surface area contributed by atoms with Crippen molar-refractivity contribution in [1.29, 1.82) is 0 Å². The molecule has 1 aliphatic carbocycles. The topological polar surface area (TPSA) is 42.0 Å². The van der Waals surface area contributed by atoms with Crippen molar-refractivity contribution < 1.29 is 4.79 Å². The predicted octanol–water partition coefficient (Wildman–Crippen LogP) is 4.89. The van der Waals surface area contributed by atoms with Gasteiger partial charge in [-0.1, -0.05) is 44.0 Å². The molecule has 1 heterocycles. The maximum absolute atomic E-state index is 12.1. The zero-order valence-electron chi connectivity index (χ0n) is 13.0. The van der Waals surface area contributed by atoms with Gasteiger partial charge in [0.05, 0.1) is 5.69 Å². The Labute approximate surface area is 135 Å². The summed E-state index contributed by atoms with van der Waals surface area (Å²) in [6.07, 6.45) is 6.61. The van der Waals surface area contributed by atoms with E-state index in [1.54, 1.807) is 0 Å². The van der Waals surface area contributed by atoms with Gasteiger partial charge in [-0.05, 0) is 30.7 Å². The number of nitrogens with one attached hydrogen (secondary N) is 1. The van der Waals surface area contributed by atoms with Crippen molar-refractivity contribution in [2.45, 2.75) is 45.4 Å². The van der Waals surface area contributed by atoms with Crippen LogP contribution in [0.5, 0.6) is 0 Å². The van der Waals surface area contributed by atoms with E-state index >= 15 is 0 Å². The van der Waals surface area contributed by atoms with Crippen LogP contribution in [0.25, 0.3) is 11.3 Å². The van der Waals surface area contributed by atoms with Crippen molar-refractivity contribution in [3.05, 3.63) is 35.2 Å². The largest absolute Gasteiger partial charge is 0.302 e. The van der Waals surface area contributed by atoms with Gasteiger partial charge in [0.15, 0.2) is 5.13 Å². The number of aromatic nitrogens is 1. The minimum Gasteiger partial charge on any atom is -0.302 e. The Morgan fingerprint density at radius 3 is 2.68 bits per heavy atom. The highest BCUT2D eigenvalue weighted by Gasteiger charge is 2.19. The Bertz CT molecular complexity index is 627. The summed E-state index contributed by atoms with van der Waals surface area (Å²) in [5, 5.41) is 5.66. The second-order valence-corrected chi connectivity index (χ2v) is 6.85. The maximum Gasteiger partial charge on any atom is 0.226 e. The molecule has 4 heteroatoms. The average Bonchev–Trinajstić information content (AvgIpc) is 3.19. The van der Waals surface area contributed by atoms with Crippen LogP contribution in [-0.2, 0) is 11.2 Å². The van der Waals surface area contributed by atoms with Gasteiger partial charge >= 0.3 is 0 Å². The molecule has 22 heavy (non-hydrogen) atoms. The van der Waals surface area contributed by atoms with Crippen molar-refractivity contribution in [2.75, 3.05) is 5.32 Å². The number of aryl methyl sites for hydroxylation is 1. The average molecular weight is 314 g/mol. The number of hydrogen-bond donors (Lipinski definition) is 1. The van der Waals surface area contributed by atoms with E-state index in [-0.39, 0.29) is 5.91 Å². The molecule has 1 saturated carbocycles. The third-order valence-corrected chi connectivity index (χ3v) is 5.12. The number of thiazole rings is 1. The SMILES string of the molecule is CCc1ccc(-c2csc(NC(=O)CC3CCCC3)n2)cc1. The first-order valence-corrected chi connectivity index (χ1v) is 8.97. The Morgan fingerprint density at radius 2 is 2.00 bits per heavy atom. The molecular formula is C18H22N2OS. The fourth-order valence-corrected chi connectivity index (χ4v) is 3.76. The van der Waals surface area contributed by atoms with Crippen LogP contribution in [0.15, 0.2) is 29.6 Å². The molecule has 3 rings (SSSR count).